The Morgan fingerprint density at radius 2 is 1.79 bits per heavy atom. The molecule has 0 radical (unpaired) electrons. The van der Waals surface area contributed by atoms with Crippen LogP contribution in [0.1, 0.15) is 29.0 Å². The number of benzene rings is 2. The van der Waals surface area contributed by atoms with Gasteiger partial charge in [0.25, 0.3) is 5.91 Å². The Hall–Kier alpha value is -3.81. The summed E-state index contributed by atoms with van der Waals surface area (Å²) in [5.74, 6) is 0.252. The number of carbonyl (C=O) groups is 1. The number of hydrogen-bond acceptors (Lipinski definition) is 5. The van der Waals surface area contributed by atoms with Crippen molar-refractivity contribution >= 4 is 5.91 Å². The Morgan fingerprint density at radius 3 is 2.54 bits per heavy atom. The van der Waals surface area contributed by atoms with Gasteiger partial charge in [-0.2, -0.15) is 10.3 Å². The van der Waals surface area contributed by atoms with Gasteiger partial charge in [0.15, 0.2) is 0 Å². The maximum Gasteiger partial charge on any atom is 0.254 e. The molecule has 28 heavy (non-hydrogen) atoms. The first-order valence-corrected chi connectivity index (χ1v) is 8.86. The molecule has 8 heteroatoms. The largest absolute Gasteiger partial charge is 0.333 e. The minimum absolute atomic E-state index is 0.135. The van der Waals surface area contributed by atoms with Crippen molar-refractivity contribution < 1.29 is 4.79 Å². The molecule has 2 aromatic heterocycles. The number of nitrogens with zero attached hydrogens (tertiary/aromatic N) is 5. The van der Waals surface area contributed by atoms with E-state index in [4.69, 9.17) is 0 Å². The van der Waals surface area contributed by atoms with Crippen molar-refractivity contribution in [2.75, 3.05) is 7.05 Å². The van der Waals surface area contributed by atoms with Crippen molar-refractivity contribution in [1.82, 2.24) is 35.7 Å². The molecule has 0 saturated heterocycles. The van der Waals surface area contributed by atoms with Crippen LogP contribution in [0.3, 0.4) is 0 Å². The molecular formula is C20H19N7O. The van der Waals surface area contributed by atoms with Crippen LogP contribution in [0.15, 0.2) is 60.7 Å². The number of aromatic amines is 2. The fourth-order valence-corrected chi connectivity index (χ4v) is 3.02. The Kier molecular flexibility index (Phi) is 4.67. The maximum absolute atomic E-state index is 13.2. The predicted molar refractivity (Wildman–Crippen MR) is 104 cm³/mol. The summed E-state index contributed by atoms with van der Waals surface area (Å²) in [4.78, 5) is 14.8. The molecule has 0 unspecified atom stereocenters. The molecule has 4 aromatic rings. The lowest BCUT2D eigenvalue weighted by Gasteiger charge is -2.24. The van der Waals surface area contributed by atoms with Crippen LogP contribution in [0.4, 0.5) is 0 Å². The van der Waals surface area contributed by atoms with E-state index in [-0.39, 0.29) is 11.9 Å². The van der Waals surface area contributed by atoms with Gasteiger partial charge in [-0.25, -0.2) is 0 Å². The summed E-state index contributed by atoms with van der Waals surface area (Å²) in [5.41, 5.74) is 3.87. The van der Waals surface area contributed by atoms with Crippen LogP contribution in [0.2, 0.25) is 0 Å². The van der Waals surface area contributed by atoms with Gasteiger partial charge in [-0.15, -0.1) is 10.2 Å². The van der Waals surface area contributed by atoms with Crippen LogP contribution in [-0.4, -0.2) is 48.7 Å². The van der Waals surface area contributed by atoms with Crippen molar-refractivity contribution in [2.45, 2.75) is 13.0 Å². The third-order valence-corrected chi connectivity index (χ3v) is 4.76. The fourth-order valence-electron chi connectivity index (χ4n) is 3.02. The topological polar surface area (TPSA) is 103 Å². The normalized spacial score (nSPS) is 11.9. The Morgan fingerprint density at radius 1 is 1.04 bits per heavy atom. The lowest BCUT2D eigenvalue weighted by molar-refractivity contribution is 0.0740. The average molecular weight is 373 g/mol. The molecule has 0 aliphatic carbocycles. The number of nitrogens with one attached hydrogen (secondary N) is 2. The number of rotatable bonds is 5. The van der Waals surface area contributed by atoms with Gasteiger partial charge in [0, 0.05) is 18.2 Å². The zero-order valence-electron chi connectivity index (χ0n) is 15.5. The summed E-state index contributed by atoms with van der Waals surface area (Å²) < 4.78 is 0. The molecule has 140 valence electrons. The van der Waals surface area contributed by atoms with E-state index in [0.717, 1.165) is 17.0 Å². The highest BCUT2D eigenvalue weighted by molar-refractivity contribution is 6.00. The van der Waals surface area contributed by atoms with Crippen molar-refractivity contribution in [3.8, 4) is 22.6 Å². The first-order valence-electron chi connectivity index (χ1n) is 8.86. The molecule has 8 nitrogen and oxygen atoms in total. The molecule has 0 aliphatic heterocycles. The third kappa shape index (κ3) is 3.27. The second kappa shape index (κ2) is 7.43. The van der Waals surface area contributed by atoms with Crippen LogP contribution in [0, 0.1) is 0 Å². The standard InChI is InChI=1S/C20H19N7O/c1-13(17-12-18(22-21-17)14-8-4-3-5-9-14)27(2)20(28)16-11-7-6-10-15(16)19-23-25-26-24-19/h3-13H,1-2H3,(H,21,22)(H,23,24,25,26)/t13-/m0/s1. The molecule has 4 rings (SSSR count). The van der Waals surface area contributed by atoms with Crippen LogP contribution in [-0.2, 0) is 0 Å². The summed E-state index contributed by atoms with van der Waals surface area (Å²) in [6, 6.07) is 18.9. The molecule has 0 saturated carbocycles. The van der Waals surface area contributed by atoms with Crippen LogP contribution < -0.4 is 0 Å². The van der Waals surface area contributed by atoms with Crippen molar-refractivity contribution in [3.05, 3.63) is 71.9 Å². The Bertz CT molecular complexity index is 1070. The Labute approximate surface area is 161 Å². The monoisotopic (exact) mass is 373 g/mol. The third-order valence-electron chi connectivity index (χ3n) is 4.76. The van der Waals surface area contributed by atoms with E-state index in [2.05, 4.69) is 30.8 Å². The second-order valence-corrected chi connectivity index (χ2v) is 6.45. The summed E-state index contributed by atoms with van der Waals surface area (Å²) >= 11 is 0. The molecule has 2 heterocycles. The highest BCUT2D eigenvalue weighted by atomic mass is 16.2. The number of aromatic nitrogens is 6. The highest BCUT2D eigenvalue weighted by Gasteiger charge is 2.24. The number of H-pyrrole nitrogens is 2. The summed E-state index contributed by atoms with van der Waals surface area (Å²) in [5, 5.41) is 21.4. The molecule has 0 spiro atoms. The lowest BCUT2D eigenvalue weighted by atomic mass is 10.0. The van der Waals surface area contributed by atoms with E-state index < -0.39 is 0 Å². The van der Waals surface area contributed by atoms with Gasteiger partial charge in [0.05, 0.1) is 23.0 Å². The van der Waals surface area contributed by atoms with Gasteiger partial charge < -0.3 is 4.90 Å². The van der Waals surface area contributed by atoms with E-state index in [1.165, 1.54) is 0 Å². The first kappa shape index (κ1) is 17.6. The van der Waals surface area contributed by atoms with Gasteiger partial charge in [-0.05, 0) is 24.3 Å². The van der Waals surface area contributed by atoms with Crippen molar-refractivity contribution in [3.63, 3.8) is 0 Å². The van der Waals surface area contributed by atoms with E-state index >= 15 is 0 Å². The molecular weight excluding hydrogens is 354 g/mol. The summed E-state index contributed by atoms with van der Waals surface area (Å²) in [6.45, 7) is 1.96. The van der Waals surface area contributed by atoms with Crippen LogP contribution in [0.5, 0.6) is 0 Å². The van der Waals surface area contributed by atoms with E-state index in [1.54, 1.807) is 24.1 Å². The molecule has 1 amide bonds. The minimum atomic E-state index is -0.198. The predicted octanol–water partition coefficient (Wildman–Crippen LogP) is 3.09. The van der Waals surface area contributed by atoms with Gasteiger partial charge in [0.1, 0.15) is 0 Å². The molecule has 0 fully saturated rings. The number of tetrazole rings is 1. The number of amides is 1. The molecule has 0 aliphatic rings. The van der Waals surface area contributed by atoms with Crippen LogP contribution >= 0.6 is 0 Å². The molecule has 0 bridgehead atoms. The van der Waals surface area contributed by atoms with Crippen LogP contribution in [0.25, 0.3) is 22.6 Å². The van der Waals surface area contributed by atoms with Gasteiger partial charge >= 0.3 is 0 Å². The number of hydrogen-bond donors (Lipinski definition) is 2. The average Bonchev–Trinajstić information content (AvgIpc) is 3.45. The second-order valence-electron chi connectivity index (χ2n) is 6.45. The molecule has 2 N–H and O–H groups in total. The Balaban J connectivity index is 1.59. The lowest BCUT2D eigenvalue weighted by Crippen LogP contribution is -2.30. The fraction of sp³-hybridized carbons (Fsp3) is 0.150. The van der Waals surface area contributed by atoms with E-state index in [1.807, 2.05) is 55.5 Å². The van der Waals surface area contributed by atoms with Crippen molar-refractivity contribution in [2.24, 2.45) is 0 Å². The first-order chi connectivity index (χ1) is 13.6. The molecule has 2 aromatic carbocycles. The number of carbonyl (C=O) groups excluding carboxylic acids is 1. The van der Waals surface area contributed by atoms with Crippen molar-refractivity contribution in [1.29, 1.82) is 0 Å². The molecule has 1 atom stereocenters. The van der Waals surface area contributed by atoms with E-state index in [9.17, 15) is 4.79 Å². The summed E-state index contributed by atoms with van der Waals surface area (Å²) in [6.07, 6.45) is 0. The quantitative estimate of drug-likeness (QED) is 0.559. The van der Waals surface area contributed by atoms with Gasteiger partial charge in [0.2, 0.25) is 5.82 Å². The highest BCUT2D eigenvalue weighted by Crippen LogP contribution is 2.26. The smallest absolute Gasteiger partial charge is 0.254 e. The summed E-state index contributed by atoms with van der Waals surface area (Å²) in [7, 11) is 1.77. The van der Waals surface area contributed by atoms with Gasteiger partial charge in [-0.1, -0.05) is 48.5 Å². The zero-order chi connectivity index (χ0) is 19.5. The minimum Gasteiger partial charge on any atom is -0.333 e. The van der Waals surface area contributed by atoms with Gasteiger partial charge in [-0.3, -0.25) is 9.89 Å². The van der Waals surface area contributed by atoms with E-state index in [0.29, 0.717) is 17.0 Å². The SMILES string of the molecule is C[C@@H](c1cc(-c2ccccc2)n[nH]1)N(C)C(=O)c1ccccc1-c1nn[nH]n1. The zero-order valence-corrected chi connectivity index (χ0v) is 15.5. The maximum atomic E-state index is 13.2.